The van der Waals surface area contributed by atoms with Crippen LogP contribution in [-0.4, -0.2) is 57.7 Å². The van der Waals surface area contributed by atoms with Crippen molar-refractivity contribution in [2.45, 2.75) is 5.16 Å². The smallest absolute Gasteiger partial charge is 0.321 e. The van der Waals surface area contributed by atoms with E-state index in [9.17, 15) is 9.59 Å². The lowest BCUT2D eigenvalue weighted by molar-refractivity contribution is -0.117. The third kappa shape index (κ3) is 5.36. The molecule has 11 heteroatoms. The van der Waals surface area contributed by atoms with Crippen molar-refractivity contribution in [2.24, 2.45) is 0 Å². The summed E-state index contributed by atoms with van der Waals surface area (Å²) in [6.07, 6.45) is 1.88. The second kappa shape index (κ2) is 10.5. The molecule has 2 heterocycles. The van der Waals surface area contributed by atoms with Crippen molar-refractivity contribution in [2.75, 3.05) is 26.0 Å². The number of H-pyrrole nitrogens is 1. The number of hydrogen-bond acceptors (Lipinski definition) is 6. The van der Waals surface area contributed by atoms with Gasteiger partial charge in [0.05, 0.1) is 12.4 Å². The SMILES string of the molecule is COCCNC(=O)NC(=O)CSc1nnc(-c2c[nH]c3ccccc23)n1-c1ccc(Cl)cc1. The Hall–Kier alpha value is -3.34. The van der Waals surface area contributed by atoms with Crippen LogP contribution < -0.4 is 10.6 Å². The number of fused-ring (bicyclic) bond motifs is 1. The predicted octanol–water partition coefficient (Wildman–Crippen LogP) is 3.63. The van der Waals surface area contributed by atoms with E-state index in [1.54, 1.807) is 12.1 Å². The molecule has 4 rings (SSSR count). The Balaban J connectivity index is 1.59. The number of carbonyl (C=O) groups is 2. The molecule has 2 aromatic carbocycles. The van der Waals surface area contributed by atoms with Crippen LogP contribution in [0.4, 0.5) is 4.79 Å². The standard InChI is InChI=1S/C22H21ClN6O3S/c1-32-11-10-24-21(31)26-19(30)13-33-22-28-27-20(29(22)15-8-6-14(23)7-9-15)17-12-25-18-5-3-2-4-16(17)18/h2-9,12,25H,10-11,13H2,1H3,(H2,24,26,30,31). The molecule has 0 fully saturated rings. The highest BCUT2D eigenvalue weighted by Crippen LogP contribution is 2.32. The Bertz CT molecular complexity index is 1270. The molecule has 0 aliphatic heterocycles. The van der Waals surface area contributed by atoms with Crippen molar-refractivity contribution in [3.8, 4) is 17.1 Å². The highest BCUT2D eigenvalue weighted by Gasteiger charge is 2.20. The van der Waals surface area contributed by atoms with Gasteiger partial charge in [-0.1, -0.05) is 41.6 Å². The lowest BCUT2D eigenvalue weighted by Gasteiger charge is -2.10. The first-order valence-electron chi connectivity index (χ1n) is 10.0. The van der Waals surface area contributed by atoms with Gasteiger partial charge in [-0.05, 0) is 30.3 Å². The highest BCUT2D eigenvalue weighted by atomic mass is 35.5. The van der Waals surface area contributed by atoms with Crippen molar-refractivity contribution in [1.29, 1.82) is 0 Å². The largest absolute Gasteiger partial charge is 0.383 e. The minimum absolute atomic E-state index is 0.0166. The minimum Gasteiger partial charge on any atom is -0.383 e. The van der Waals surface area contributed by atoms with E-state index >= 15 is 0 Å². The molecule has 0 aliphatic carbocycles. The predicted molar refractivity (Wildman–Crippen MR) is 128 cm³/mol. The van der Waals surface area contributed by atoms with Gasteiger partial charge in [-0.15, -0.1) is 10.2 Å². The number of rotatable bonds is 8. The second-order valence-electron chi connectivity index (χ2n) is 6.95. The van der Waals surface area contributed by atoms with Crippen molar-refractivity contribution in [1.82, 2.24) is 30.4 Å². The maximum Gasteiger partial charge on any atom is 0.321 e. The number of urea groups is 1. The zero-order valence-corrected chi connectivity index (χ0v) is 19.2. The fourth-order valence-electron chi connectivity index (χ4n) is 3.22. The molecule has 2 aromatic heterocycles. The molecular formula is C22H21ClN6O3S. The molecule has 0 atom stereocenters. The number of methoxy groups -OCH3 is 1. The van der Waals surface area contributed by atoms with Gasteiger partial charge in [-0.3, -0.25) is 14.7 Å². The number of amides is 3. The number of benzene rings is 2. The third-order valence-corrected chi connectivity index (χ3v) is 5.91. The number of carbonyl (C=O) groups excluding carboxylic acids is 2. The van der Waals surface area contributed by atoms with Crippen LogP contribution >= 0.6 is 23.4 Å². The van der Waals surface area contributed by atoms with Crippen molar-refractivity contribution in [3.05, 3.63) is 59.8 Å². The van der Waals surface area contributed by atoms with Crippen molar-refractivity contribution >= 4 is 46.2 Å². The Morgan fingerprint density at radius 3 is 2.73 bits per heavy atom. The van der Waals surface area contributed by atoms with E-state index in [1.807, 2.05) is 47.2 Å². The van der Waals surface area contributed by atoms with E-state index in [0.717, 1.165) is 22.2 Å². The van der Waals surface area contributed by atoms with Crippen LogP contribution in [0.25, 0.3) is 28.0 Å². The Labute approximate surface area is 198 Å². The van der Waals surface area contributed by atoms with E-state index < -0.39 is 11.9 Å². The molecular weight excluding hydrogens is 464 g/mol. The number of nitrogens with zero attached hydrogens (tertiary/aromatic N) is 3. The number of nitrogens with one attached hydrogen (secondary N) is 3. The summed E-state index contributed by atoms with van der Waals surface area (Å²) in [5, 5.41) is 15.7. The molecule has 9 nitrogen and oxygen atoms in total. The number of aromatic amines is 1. The van der Waals surface area contributed by atoms with Gasteiger partial charge < -0.3 is 15.0 Å². The fraction of sp³-hybridized carbons (Fsp3) is 0.182. The van der Waals surface area contributed by atoms with Crippen LogP contribution in [0.3, 0.4) is 0 Å². The minimum atomic E-state index is -0.573. The van der Waals surface area contributed by atoms with Crippen LogP contribution in [0.1, 0.15) is 0 Å². The zero-order valence-electron chi connectivity index (χ0n) is 17.7. The van der Waals surface area contributed by atoms with Crippen LogP contribution in [0.15, 0.2) is 59.9 Å². The van der Waals surface area contributed by atoms with E-state index in [4.69, 9.17) is 16.3 Å². The first-order valence-corrected chi connectivity index (χ1v) is 11.4. The number of imide groups is 1. The zero-order chi connectivity index (χ0) is 23.2. The summed E-state index contributed by atoms with van der Waals surface area (Å²) in [6.45, 7) is 0.665. The van der Waals surface area contributed by atoms with Crippen LogP contribution in [0, 0.1) is 0 Å². The number of halogens is 1. The average Bonchev–Trinajstić information content (AvgIpc) is 3.42. The number of para-hydroxylation sites is 1. The normalized spacial score (nSPS) is 11.0. The maximum absolute atomic E-state index is 12.3. The highest BCUT2D eigenvalue weighted by molar-refractivity contribution is 7.99. The summed E-state index contributed by atoms with van der Waals surface area (Å²) in [5.41, 5.74) is 2.65. The van der Waals surface area contributed by atoms with Crippen LogP contribution in [0.2, 0.25) is 5.02 Å². The van der Waals surface area contributed by atoms with Crippen LogP contribution in [0.5, 0.6) is 0 Å². The third-order valence-electron chi connectivity index (χ3n) is 4.73. The molecule has 33 heavy (non-hydrogen) atoms. The van der Waals surface area contributed by atoms with Gasteiger partial charge in [0.2, 0.25) is 5.91 Å². The maximum atomic E-state index is 12.3. The molecule has 0 radical (unpaired) electrons. The summed E-state index contributed by atoms with van der Waals surface area (Å²) in [5.74, 6) is 0.154. The number of hydrogen-bond donors (Lipinski definition) is 3. The summed E-state index contributed by atoms with van der Waals surface area (Å²) >= 11 is 7.26. The molecule has 0 saturated carbocycles. The van der Waals surface area contributed by atoms with Gasteiger partial charge in [0.1, 0.15) is 0 Å². The van der Waals surface area contributed by atoms with Crippen LogP contribution in [-0.2, 0) is 9.53 Å². The first-order chi connectivity index (χ1) is 16.1. The summed E-state index contributed by atoms with van der Waals surface area (Å²) in [4.78, 5) is 27.3. The van der Waals surface area contributed by atoms with E-state index in [2.05, 4.69) is 25.8 Å². The van der Waals surface area contributed by atoms with Gasteiger partial charge in [0, 0.05) is 47.0 Å². The van der Waals surface area contributed by atoms with Gasteiger partial charge in [0.15, 0.2) is 11.0 Å². The molecule has 0 spiro atoms. The summed E-state index contributed by atoms with van der Waals surface area (Å²) < 4.78 is 6.73. The molecule has 0 saturated heterocycles. The van der Waals surface area contributed by atoms with Gasteiger partial charge in [-0.2, -0.15) is 0 Å². The second-order valence-corrected chi connectivity index (χ2v) is 8.33. The average molecular weight is 485 g/mol. The number of ether oxygens (including phenoxy) is 1. The van der Waals surface area contributed by atoms with Gasteiger partial charge in [-0.25, -0.2) is 4.79 Å². The molecule has 0 unspecified atom stereocenters. The Morgan fingerprint density at radius 1 is 1.15 bits per heavy atom. The topological polar surface area (TPSA) is 114 Å². The quantitative estimate of drug-likeness (QED) is 0.260. The lowest BCUT2D eigenvalue weighted by Crippen LogP contribution is -2.41. The molecule has 0 bridgehead atoms. The Morgan fingerprint density at radius 2 is 1.94 bits per heavy atom. The molecule has 3 amide bonds. The van der Waals surface area contributed by atoms with Crippen molar-refractivity contribution in [3.63, 3.8) is 0 Å². The molecule has 3 N–H and O–H groups in total. The molecule has 4 aromatic rings. The van der Waals surface area contributed by atoms with Gasteiger partial charge in [0.25, 0.3) is 0 Å². The fourth-order valence-corrected chi connectivity index (χ4v) is 4.10. The van der Waals surface area contributed by atoms with E-state index in [1.165, 1.54) is 18.9 Å². The summed E-state index contributed by atoms with van der Waals surface area (Å²) in [7, 11) is 1.53. The molecule has 0 aliphatic rings. The first kappa shape index (κ1) is 22.8. The van der Waals surface area contributed by atoms with E-state index in [-0.39, 0.29) is 5.75 Å². The molecule has 170 valence electrons. The number of aromatic nitrogens is 4. The monoisotopic (exact) mass is 484 g/mol. The van der Waals surface area contributed by atoms with Gasteiger partial charge >= 0.3 is 6.03 Å². The Kier molecular flexibility index (Phi) is 7.28. The number of thioether (sulfide) groups is 1. The lowest BCUT2D eigenvalue weighted by atomic mass is 10.1. The summed E-state index contributed by atoms with van der Waals surface area (Å²) in [6, 6.07) is 14.6. The van der Waals surface area contributed by atoms with Crippen molar-refractivity contribution < 1.29 is 14.3 Å². The van der Waals surface area contributed by atoms with E-state index in [0.29, 0.717) is 29.2 Å².